The molecule has 1 saturated carbocycles. The van der Waals surface area contributed by atoms with Gasteiger partial charge >= 0.3 is 4.84 Å². The molecular formula is C12H12N2OS. The second-order valence-electron chi connectivity index (χ2n) is 4.23. The van der Waals surface area contributed by atoms with Gasteiger partial charge < -0.3 is 4.52 Å². The first-order valence-electron chi connectivity index (χ1n) is 5.43. The summed E-state index contributed by atoms with van der Waals surface area (Å²) in [4.78, 5) is 4.56. The first-order chi connectivity index (χ1) is 7.81. The highest BCUT2D eigenvalue weighted by molar-refractivity contribution is 7.71. The smallest absolute Gasteiger partial charge is 0.314 e. The number of H-pyrrole nitrogens is 1. The Morgan fingerprint density at radius 3 is 2.50 bits per heavy atom. The SMILES string of the molecule is S=c1nc(C2(c3ccccc3)CCC2)[nH]o1. The van der Waals surface area contributed by atoms with Gasteiger partial charge in [-0.3, -0.25) is 0 Å². The molecule has 1 heterocycles. The molecule has 16 heavy (non-hydrogen) atoms. The summed E-state index contributed by atoms with van der Waals surface area (Å²) in [6, 6.07) is 10.4. The van der Waals surface area contributed by atoms with Gasteiger partial charge in [-0.1, -0.05) is 36.8 Å². The van der Waals surface area contributed by atoms with E-state index < -0.39 is 0 Å². The number of hydrogen-bond acceptors (Lipinski definition) is 3. The average Bonchev–Trinajstić information content (AvgIpc) is 2.65. The van der Waals surface area contributed by atoms with Gasteiger partial charge in [0, 0.05) is 0 Å². The lowest BCUT2D eigenvalue weighted by Gasteiger charge is -2.40. The Morgan fingerprint density at radius 1 is 1.25 bits per heavy atom. The zero-order valence-electron chi connectivity index (χ0n) is 8.77. The van der Waals surface area contributed by atoms with Crippen LogP contribution in [0.5, 0.6) is 0 Å². The molecule has 1 aliphatic rings. The quantitative estimate of drug-likeness (QED) is 0.808. The standard InChI is InChI=1S/C12H12N2OS/c16-11-13-10(14-15-11)12(7-4-8-12)9-5-2-1-3-6-9/h1-3,5-6H,4,7-8H2,(H,13,14,16). The molecule has 0 bridgehead atoms. The van der Waals surface area contributed by atoms with Crippen molar-refractivity contribution in [3.05, 3.63) is 46.6 Å². The average molecular weight is 232 g/mol. The summed E-state index contributed by atoms with van der Waals surface area (Å²) in [6.07, 6.45) is 3.44. The first-order valence-corrected chi connectivity index (χ1v) is 5.84. The molecule has 1 aromatic carbocycles. The molecule has 1 aliphatic carbocycles. The van der Waals surface area contributed by atoms with Gasteiger partial charge in [0.25, 0.3) is 0 Å². The van der Waals surface area contributed by atoms with Crippen LogP contribution in [0.25, 0.3) is 0 Å². The van der Waals surface area contributed by atoms with Crippen LogP contribution in [-0.2, 0) is 5.41 Å². The highest BCUT2D eigenvalue weighted by Crippen LogP contribution is 2.47. The zero-order chi connectivity index (χ0) is 11.0. The summed E-state index contributed by atoms with van der Waals surface area (Å²) in [6.45, 7) is 0. The topological polar surface area (TPSA) is 41.8 Å². The van der Waals surface area contributed by atoms with Crippen molar-refractivity contribution in [1.29, 1.82) is 0 Å². The molecule has 3 rings (SSSR count). The van der Waals surface area contributed by atoms with Gasteiger partial charge in [0.1, 0.15) is 0 Å². The van der Waals surface area contributed by atoms with Crippen molar-refractivity contribution in [2.24, 2.45) is 0 Å². The van der Waals surface area contributed by atoms with Crippen LogP contribution in [0.4, 0.5) is 0 Å². The third-order valence-electron chi connectivity index (χ3n) is 3.42. The van der Waals surface area contributed by atoms with E-state index in [1.165, 1.54) is 12.0 Å². The minimum atomic E-state index is 0.00181. The zero-order valence-corrected chi connectivity index (χ0v) is 9.59. The van der Waals surface area contributed by atoms with Crippen molar-refractivity contribution in [1.82, 2.24) is 10.1 Å². The van der Waals surface area contributed by atoms with Gasteiger partial charge in [-0.05, 0) is 30.6 Å². The fraction of sp³-hybridized carbons (Fsp3) is 0.333. The van der Waals surface area contributed by atoms with Gasteiger partial charge in [0.2, 0.25) is 0 Å². The van der Waals surface area contributed by atoms with Crippen LogP contribution in [-0.4, -0.2) is 10.1 Å². The van der Waals surface area contributed by atoms with Gasteiger partial charge in [-0.25, -0.2) is 5.16 Å². The summed E-state index contributed by atoms with van der Waals surface area (Å²) >= 11 is 4.91. The molecule has 0 saturated heterocycles. The van der Waals surface area contributed by atoms with Crippen LogP contribution in [0.1, 0.15) is 30.7 Å². The number of hydrogen-bond donors (Lipinski definition) is 1. The van der Waals surface area contributed by atoms with Crippen LogP contribution in [0.3, 0.4) is 0 Å². The third kappa shape index (κ3) is 1.33. The molecule has 3 nitrogen and oxygen atoms in total. The molecule has 1 fully saturated rings. The highest BCUT2D eigenvalue weighted by atomic mass is 32.1. The molecule has 0 radical (unpaired) electrons. The molecule has 0 aliphatic heterocycles. The lowest BCUT2D eigenvalue weighted by Crippen LogP contribution is -2.36. The molecule has 1 N–H and O–H groups in total. The molecule has 2 aromatic rings. The van der Waals surface area contributed by atoms with Crippen LogP contribution < -0.4 is 0 Å². The minimum absolute atomic E-state index is 0.00181. The van der Waals surface area contributed by atoms with Gasteiger partial charge in [-0.2, -0.15) is 4.98 Å². The first kappa shape index (κ1) is 9.78. The van der Waals surface area contributed by atoms with Crippen LogP contribution >= 0.6 is 12.2 Å². The maximum absolute atomic E-state index is 5.05. The molecule has 4 heteroatoms. The Hall–Kier alpha value is -1.42. The van der Waals surface area contributed by atoms with E-state index in [-0.39, 0.29) is 10.3 Å². The molecule has 0 atom stereocenters. The van der Waals surface area contributed by atoms with E-state index in [9.17, 15) is 0 Å². The predicted molar refractivity (Wildman–Crippen MR) is 62.8 cm³/mol. The normalized spacial score (nSPS) is 18.0. The van der Waals surface area contributed by atoms with Crippen molar-refractivity contribution in [3.63, 3.8) is 0 Å². The Labute approximate surface area is 98.5 Å². The summed E-state index contributed by atoms with van der Waals surface area (Å²) in [5.74, 6) is 0.870. The second kappa shape index (κ2) is 3.56. The van der Waals surface area contributed by atoms with Crippen LogP contribution in [0.15, 0.2) is 34.9 Å². The van der Waals surface area contributed by atoms with Crippen molar-refractivity contribution < 1.29 is 4.52 Å². The molecule has 1 aromatic heterocycles. The number of aromatic amines is 1. The van der Waals surface area contributed by atoms with E-state index in [1.807, 2.05) is 6.07 Å². The van der Waals surface area contributed by atoms with Gasteiger partial charge in [0.15, 0.2) is 5.82 Å². The Kier molecular flexibility index (Phi) is 2.17. The molecule has 0 amide bonds. The Morgan fingerprint density at radius 2 is 2.00 bits per heavy atom. The second-order valence-corrected chi connectivity index (χ2v) is 4.58. The fourth-order valence-electron chi connectivity index (χ4n) is 2.38. The predicted octanol–water partition coefficient (Wildman–Crippen LogP) is 3.20. The van der Waals surface area contributed by atoms with Crippen LogP contribution in [0, 0.1) is 4.84 Å². The number of aromatic nitrogens is 2. The summed E-state index contributed by atoms with van der Waals surface area (Å²) < 4.78 is 5.05. The minimum Gasteiger partial charge on any atom is -0.348 e. The number of nitrogens with zero attached hydrogens (tertiary/aromatic N) is 1. The summed E-state index contributed by atoms with van der Waals surface area (Å²) in [7, 11) is 0. The highest BCUT2D eigenvalue weighted by Gasteiger charge is 2.43. The van der Waals surface area contributed by atoms with E-state index in [2.05, 4.69) is 34.4 Å². The van der Waals surface area contributed by atoms with E-state index in [0.717, 1.165) is 18.7 Å². The van der Waals surface area contributed by atoms with E-state index in [4.69, 9.17) is 16.7 Å². The maximum atomic E-state index is 5.05. The largest absolute Gasteiger partial charge is 0.348 e. The van der Waals surface area contributed by atoms with Gasteiger partial charge in [0.05, 0.1) is 5.41 Å². The fourth-order valence-corrected chi connectivity index (χ4v) is 2.52. The molecular weight excluding hydrogens is 220 g/mol. The van der Waals surface area contributed by atoms with Crippen molar-refractivity contribution >= 4 is 12.2 Å². The number of nitrogens with one attached hydrogen (secondary N) is 1. The maximum Gasteiger partial charge on any atom is 0.314 e. The Bertz CT molecular complexity index is 539. The molecule has 0 spiro atoms. The Balaban J connectivity index is 2.10. The molecule has 0 unspecified atom stereocenters. The molecule has 82 valence electrons. The van der Waals surface area contributed by atoms with Crippen molar-refractivity contribution in [3.8, 4) is 0 Å². The third-order valence-corrected chi connectivity index (χ3v) is 3.60. The number of benzene rings is 1. The lowest BCUT2D eigenvalue weighted by atomic mass is 9.64. The van der Waals surface area contributed by atoms with Gasteiger partial charge in [-0.15, -0.1) is 0 Å². The van der Waals surface area contributed by atoms with E-state index in [0.29, 0.717) is 0 Å². The van der Waals surface area contributed by atoms with Crippen molar-refractivity contribution in [2.75, 3.05) is 0 Å². The van der Waals surface area contributed by atoms with Crippen molar-refractivity contribution in [2.45, 2.75) is 24.7 Å². The summed E-state index contributed by atoms with van der Waals surface area (Å²) in [5, 5.41) is 2.86. The lowest BCUT2D eigenvalue weighted by molar-refractivity contribution is 0.272. The monoisotopic (exact) mass is 232 g/mol. The van der Waals surface area contributed by atoms with E-state index >= 15 is 0 Å². The van der Waals surface area contributed by atoms with Crippen LogP contribution in [0.2, 0.25) is 0 Å². The van der Waals surface area contributed by atoms with E-state index in [1.54, 1.807) is 0 Å². The number of rotatable bonds is 2. The summed E-state index contributed by atoms with van der Waals surface area (Å²) in [5.41, 5.74) is 1.29.